The Bertz CT molecular complexity index is 660. The Morgan fingerprint density at radius 2 is 1.47 bits per heavy atom. The fourth-order valence-corrected chi connectivity index (χ4v) is 3.21. The third kappa shape index (κ3) is 12.6. The predicted octanol–water partition coefficient (Wildman–Crippen LogP) is 6.02. The lowest BCUT2D eigenvalue weighted by molar-refractivity contribution is 0.238. The number of benzene rings is 1. The molecule has 0 aliphatic heterocycles. The molecule has 0 aromatic heterocycles. The van der Waals surface area contributed by atoms with Crippen LogP contribution < -0.4 is 10.1 Å². The van der Waals surface area contributed by atoms with Crippen molar-refractivity contribution in [3.8, 4) is 29.4 Å². The molecule has 2 N–H and O–H groups in total. The summed E-state index contributed by atoms with van der Waals surface area (Å²) in [6, 6.07) is 7.57. The van der Waals surface area contributed by atoms with Crippen molar-refractivity contribution in [3.63, 3.8) is 0 Å². The summed E-state index contributed by atoms with van der Waals surface area (Å²) in [5.74, 6) is 12.7. The fraction of sp³-hybridized carbons (Fsp3) is 0.630. The minimum absolute atomic E-state index is 0.184. The minimum Gasteiger partial charge on any atom is -0.494 e. The van der Waals surface area contributed by atoms with Gasteiger partial charge in [0.2, 0.25) is 0 Å². The molecule has 0 saturated heterocycles. The number of aliphatic hydroxyl groups excluding tert-OH is 1. The third-order valence-corrected chi connectivity index (χ3v) is 5.04. The molecule has 30 heavy (non-hydrogen) atoms. The number of ether oxygens (including phenoxy) is 1. The maximum absolute atomic E-state index is 10.2. The van der Waals surface area contributed by atoms with Crippen molar-refractivity contribution in [2.45, 2.75) is 97.1 Å². The molecule has 0 aliphatic rings. The number of hydrogen-bond acceptors (Lipinski definition) is 3. The molecule has 0 amide bonds. The lowest BCUT2D eigenvalue weighted by Crippen LogP contribution is -2.28. The largest absolute Gasteiger partial charge is 0.494 e. The minimum atomic E-state index is -0.829. The zero-order chi connectivity index (χ0) is 21.9. The molecule has 0 bridgehead atoms. The van der Waals surface area contributed by atoms with E-state index in [1.807, 2.05) is 31.2 Å². The van der Waals surface area contributed by atoms with Gasteiger partial charge in [-0.2, -0.15) is 0 Å². The van der Waals surface area contributed by atoms with E-state index in [1.54, 1.807) is 0 Å². The van der Waals surface area contributed by atoms with Crippen LogP contribution in [0, 0.1) is 23.7 Å². The Morgan fingerprint density at radius 3 is 2.13 bits per heavy atom. The predicted molar refractivity (Wildman–Crippen MR) is 127 cm³/mol. The molecule has 1 aromatic rings. The van der Waals surface area contributed by atoms with E-state index in [1.165, 1.54) is 51.4 Å². The van der Waals surface area contributed by atoms with E-state index in [9.17, 15) is 5.11 Å². The van der Waals surface area contributed by atoms with Crippen LogP contribution in [0.3, 0.4) is 0 Å². The topological polar surface area (TPSA) is 41.5 Å². The van der Waals surface area contributed by atoms with E-state index in [4.69, 9.17) is 4.74 Å². The van der Waals surface area contributed by atoms with E-state index in [-0.39, 0.29) is 6.04 Å². The average molecular weight is 412 g/mol. The highest BCUT2D eigenvalue weighted by Gasteiger charge is 2.05. The highest BCUT2D eigenvalue weighted by Crippen LogP contribution is 2.17. The summed E-state index contributed by atoms with van der Waals surface area (Å²) in [6.45, 7) is 8.03. The van der Waals surface area contributed by atoms with Crippen LogP contribution in [0.1, 0.15) is 96.6 Å². The molecular weight excluding hydrogens is 370 g/mol. The van der Waals surface area contributed by atoms with Crippen LogP contribution in [0.5, 0.6) is 5.75 Å². The Kier molecular flexibility index (Phi) is 15.6. The van der Waals surface area contributed by atoms with Crippen LogP contribution in [-0.4, -0.2) is 24.3 Å². The summed E-state index contributed by atoms with van der Waals surface area (Å²) in [5, 5.41) is 13.8. The summed E-state index contributed by atoms with van der Waals surface area (Å²) in [4.78, 5) is 0. The van der Waals surface area contributed by atoms with E-state index >= 15 is 0 Å². The highest BCUT2D eigenvalue weighted by molar-refractivity contribution is 5.35. The van der Waals surface area contributed by atoms with E-state index in [2.05, 4.69) is 42.8 Å². The molecule has 0 aliphatic carbocycles. The second-order valence-electron chi connectivity index (χ2n) is 7.71. The Balaban J connectivity index is 2.50. The molecule has 1 rings (SSSR count). The summed E-state index contributed by atoms with van der Waals surface area (Å²) < 4.78 is 5.42. The van der Waals surface area contributed by atoms with Gasteiger partial charge in [0.05, 0.1) is 12.6 Å². The third-order valence-electron chi connectivity index (χ3n) is 5.04. The molecule has 0 radical (unpaired) electrons. The van der Waals surface area contributed by atoms with Crippen molar-refractivity contribution in [1.29, 1.82) is 0 Å². The van der Waals surface area contributed by atoms with Crippen molar-refractivity contribution in [1.82, 2.24) is 5.32 Å². The molecule has 166 valence electrons. The summed E-state index contributed by atoms with van der Waals surface area (Å²) >= 11 is 0. The summed E-state index contributed by atoms with van der Waals surface area (Å²) in [7, 11) is 0. The SMILES string of the molecule is CCCCCCCCC[C@H](C#CC#C[C@@H](O)c1ccc(OCC)cc1)NCCCC. The van der Waals surface area contributed by atoms with Gasteiger partial charge >= 0.3 is 0 Å². The fourth-order valence-electron chi connectivity index (χ4n) is 3.21. The van der Waals surface area contributed by atoms with Crippen molar-refractivity contribution < 1.29 is 9.84 Å². The molecule has 0 spiro atoms. The highest BCUT2D eigenvalue weighted by atomic mass is 16.5. The average Bonchev–Trinajstić information content (AvgIpc) is 2.76. The van der Waals surface area contributed by atoms with Gasteiger partial charge in [-0.3, -0.25) is 0 Å². The number of unbranched alkanes of at least 4 members (excludes halogenated alkanes) is 7. The smallest absolute Gasteiger partial charge is 0.141 e. The lowest BCUT2D eigenvalue weighted by Gasteiger charge is -2.12. The van der Waals surface area contributed by atoms with Crippen molar-refractivity contribution in [2.24, 2.45) is 0 Å². The van der Waals surface area contributed by atoms with Gasteiger partial charge in [-0.1, -0.05) is 89.2 Å². The first-order chi connectivity index (χ1) is 14.7. The molecular formula is C27H41NO2. The first-order valence-corrected chi connectivity index (χ1v) is 11.9. The lowest BCUT2D eigenvalue weighted by atomic mass is 10.0. The van der Waals surface area contributed by atoms with Crippen molar-refractivity contribution >= 4 is 0 Å². The molecule has 0 fully saturated rings. The maximum atomic E-state index is 10.2. The van der Waals surface area contributed by atoms with Gasteiger partial charge in [-0.05, 0) is 55.8 Å². The van der Waals surface area contributed by atoms with E-state index in [0.29, 0.717) is 6.61 Å². The molecule has 3 heteroatoms. The quantitative estimate of drug-likeness (QED) is 0.274. The Hall–Kier alpha value is -1.94. The van der Waals surface area contributed by atoms with Crippen molar-refractivity contribution in [3.05, 3.63) is 29.8 Å². The number of rotatable bonds is 15. The van der Waals surface area contributed by atoms with Gasteiger partial charge in [0.1, 0.15) is 11.9 Å². The van der Waals surface area contributed by atoms with Crippen LogP contribution in [0.4, 0.5) is 0 Å². The normalized spacial score (nSPS) is 12.3. The summed E-state index contributed by atoms with van der Waals surface area (Å²) in [6.07, 6.45) is 11.7. The number of nitrogens with one attached hydrogen (secondary N) is 1. The molecule has 3 nitrogen and oxygen atoms in total. The summed E-state index contributed by atoms with van der Waals surface area (Å²) in [5.41, 5.74) is 0.758. The van der Waals surface area contributed by atoms with Crippen LogP contribution >= 0.6 is 0 Å². The second-order valence-corrected chi connectivity index (χ2v) is 7.71. The van der Waals surface area contributed by atoms with Gasteiger partial charge in [0.25, 0.3) is 0 Å². The Labute approximate surface area is 185 Å². The standard InChI is InChI=1S/C27H41NO2/c1-4-7-9-10-11-12-13-16-25(28-23-8-5-2)17-14-15-18-27(29)24-19-21-26(22-20-24)30-6-3/h19-22,25,27-29H,4-13,16,23H2,1-3H3/t25-,27-/m1/s1. The first-order valence-electron chi connectivity index (χ1n) is 11.9. The molecule has 2 atom stereocenters. The molecule has 0 unspecified atom stereocenters. The van der Waals surface area contributed by atoms with Gasteiger partial charge in [0.15, 0.2) is 0 Å². The van der Waals surface area contributed by atoms with Gasteiger partial charge in [0, 0.05) is 0 Å². The maximum Gasteiger partial charge on any atom is 0.141 e. The zero-order valence-corrected chi connectivity index (χ0v) is 19.3. The monoisotopic (exact) mass is 411 g/mol. The second kappa shape index (κ2) is 17.9. The molecule has 1 aromatic carbocycles. The van der Waals surface area contributed by atoms with Crippen molar-refractivity contribution in [2.75, 3.05) is 13.2 Å². The molecule has 0 saturated carbocycles. The first kappa shape index (κ1) is 26.1. The van der Waals surface area contributed by atoms with E-state index in [0.717, 1.165) is 30.7 Å². The van der Waals surface area contributed by atoms with Gasteiger partial charge in [-0.25, -0.2) is 0 Å². The number of aliphatic hydroxyl groups is 1. The Morgan fingerprint density at radius 1 is 0.833 bits per heavy atom. The van der Waals surface area contributed by atoms with Crippen LogP contribution in [0.2, 0.25) is 0 Å². The van der Waals surface area contributed by atoms with E-state index < -0.39 is 6.10 Å². The van der Waals surface area contributed by atoms with Gasteiger partial charge in [-0.15, -0.1) is 0 Å². The number of hydrogen-bond donors (Lipinski definition) is 2. The zero-order valence-electron chi connectivity index (χ0n) is 19.3. The van der Waals surface area contributed by atoms with Gasteiger partial charge < -0.3 is 15.2 Å². The van der Waals surface area contributed by atoms with Crippen LogP contribution in [0.25, 0.3) is 0 Å². The van der Waals surface area contributed by atoms with Crippen LogP contribution in [-0.2, 0) is 0 Å². The molecule has 0 heterocycles. The van der Waals surface area contributed by atoms with Crippen LogP contribution in [0.15, 0.2) is 24.3 Å².